The number of nitrogens with zero attached hydrogens (tertiary/aromatic N) is 2. The van der Waals surface area contributed by atoms with Gasteiger partial charge in [-0.15, -0.1) is 0 Å². The second-order valence-corrected chi connectivity index (χ2v) is 6.89. The molecule has 1 aromatic carbocycles. The summed E-state index contributed by atoms with van der Waals surface area (Å²) in [5.41, 5.74) is 0.884. The van der Waals surface area contributed by atoms with Crippen molar-refractivity contribution in [2.24, 2.45) is 5.41 Å². The van der Waals surface area contributed by atoms with Crippen LogP contribution in [0.15, 0.2) is 42.9 Å². The van der Waals surface area contributed by atoms with Gasteiger partial charge in [0, 0.05) is 6.42 Å². The van der Waals surface area contributed by atoms with E-state index in [-0.39, 0.29) is 24.2 Å². The highest BCUT2D eigenvalue weighted by atomic mass is 16.5. The topological polar surface area (TPSA) is 73.2 Å². The van der Waals surface area contributed by atoms with Crippen molar-refractivity contribution in [1.29, 1.82) is 0 Å². The van der Waals surface area contributed by atoms with E-state index >= 15 is 0 Å². The molecule has 138 valence electrons. The molecule has 1 saturated heterocycles. The molecule has 26 heavy (non-hydrogen) atoms. The number of ketones is 1. The second kappa shape index (κ2) is 7.83. The summed E-state index contributed by atoms with van der Waals surface area (Å²) in [7, 11) is 1.39. The van der Waals surface area contributed by atoms with E-state index < -0.39 is 5.41 Å². The van der Waals surface area contributed by atoms with E-state index in [0.717, 1.165) is 5.56 Å². The highest BCUT2D eigenvalue weighted by molar-refractivity contribution is 5.97. The highest BCUT2D eigenvalue weighted by Crippen LogP contribution is 2.35. The quantitative estimate of drug-likeness (QED) is 0.637. The van der Waals surface area contributed by atoms with E-state index in [1.165, 1.54) is 7.11 Å². The summed E-state index contributed by atoms with van der Waals surface area (Å²) in [6.07, 6.45) is 4.63. The van der Waals surface area contributed by atoms with Crippen LogP contribution in [-0.2, 0) is 9.53 Å². The Morgan fingerprint density at radius 2 is 1.96 bits per heavy atom. The molecule has 6 nitrogen and oxygen atoms in total. The van der Waals surface area contributed by atoms with Crippen molar-refractivity contribution < 1.29 is 14.3 Å². The van der Waals surface area contributed by atoms with Gasteiger partial charge in [0.15, 0.2) is 5.78 Å². The van der Waals surface area contributed by atoms with Crippen molar-refractivity contribution in [3.05, 3.63) is 54.1 Å². The van der Waals surface area contributed by atoms with Crippen LogP contribution in [-0.4, -0.2) is 41.5 Å². The first kappa shape index (κ1) is 18.3. The molecule has 0 saturated carbocycles. The van der Waals surface area contributed by atoms with Crippen molar-refractivity contribution in [2.45, 2.75) is 32.2 Å². The zero-order valence-electron chi connectivity index (χ0n) is 15.3. The molecule has 1 fully saturated rings. The van der Waals surface area contributed by atoms with E-state index in [9.17, 15) is 9.59 Å². The lowest BCUT2D eigenvalue weighted by Crippen LogP contribution is -2.44. The lowest BCUT2D eigenvalue weighted by Gasteiger charge is -2.34. The predicted molar refractivity (Wildman–Crippen MR) is 98.0 cm³/mol. The van der Waals surface area contributed by atoms with Gasteiger partial charge in [-0.1, -0.05) is 30.3 Å². The highest BCUT2D eigenvalue weighted by Gasteiger charge is 2.43. The summed E-state index contributed by atoms with van der Waals surface area (Å²) in [5, 5.41) is 3.24. The normalized spacial score (nSPS) is 17.5. The summed E-state index contributed by atoms with van der Waals surface area (Å²) in [6.45, 7) is 3.46. The Morgan fingerprint density at radius 3 is 2.62 bits per heavy atom. The standard InChI is InChI=1S/C20H25N3O3/c1-15(16-6-4-3-5-7-16)23-14-22-13-17(23)18(24)12-20(19(25)26-2)8-10-21-11-9-20/h3-7,13-15,21H,8-12H2,1-2H3/t15-/m1/s1. The summed E-state index contributed by atoms with van der Waals surface area (Å²) >= 11 is 0. The second-order valence-electron chi connectivity index (χ2n) is 6.89. The molecular weight excluding hydrogens is 330 g/mol. The molecule has 1 atom stereocenters. The Balaban J connectivity index is 1.84. The summed E-state index contributed by atoms with van der Waals surface area (Å²) in [6, 6.07) is 9.97. The van der Waals surface area contributed by atoms with Gasteiger partial charge in [0.25, 0.3) is 0 Å². The van der Waals surface area contributed by atoms with Gasteiger partial charge in [0.05, 0.1) is 31.1 Å². The fourth-order valence-corrected chi connectivity index (χ4v) is 3.69. The van der Waals surface area contributed by atoms with Crippen molar-refractivity contribution in [2.75, 3.05) is 20.2 Å². The summed E-state index contributed by atoms with van der Waals surface area (Å²) < 4.78 is 6.90. The van der Waals surface area contributed by atoms with Crippen molar-refractivity contribution in [3.8, 4) is 0 Å². The first-order chi connectivity index (χ1) is 12.6. The number of imidazole rings is 1. The minimum absolute atomic E-state index is 0.0141. The molecule has 2 aromatic rings. The van der Waals surface area contributed by atoms with Gasteiger partial charge < -0.3 is 14.6 Å². The molecule has 1 aliphatic heterocycles. The van der Waals surface area contributed by atoms with Gasteiger partial charge in [-0.3, -0.25) is 9.59 Å². The SMILES string of the molecule is COC(=O)C1(CC(=O)c2cncn2[C@H](C)c2ccccc2)CCNCC1. The van der Waals surface area contributed by atoms with Crippen LogP contribution in [0.4, 0.5) is 0 Å². The fraction of sp³-hybridized carbons (Fsp3) is 0.450. The average Bonchev–Trinajstić information content (AvgIpc) is 3.18. The molecule has 0 amide bonds. The maximum Gasteiger partial charge on any atom is 0.312 e. The number of aromatic nitrogens is 2. The Labute approximate surface area is 153 Å². The molecular formula is C20H25N3O3. The molecule has 1 aliphatic rings. The van der Waals surface area contributed by atoms with Gasteiger partial charge in [0.2, 0.25) is 0 Å². The first-order valence-electron chi connectivity index (χ1n) is 8.96. The Kier molecular flexibility index (Phi) is 5.52. The Bertz CT molecular complexity index is 764. The van der Waals surface area contributed by atoms with E-state index in [1.54, 1.807) is 12.5 Å². The van der Waals surface area contributed by atoms with Gasteiger partial charge in [-0.05, 0) is 38.4 Å². The third kappa shape index (κ3) is 3.55. The molecule has 6 heteroatoms. The fourth-order valence-electron chi connectivity index (χ4n) is 3.69. The average molecular weight is 355 g/mol. The maximum absolute atomic E-state index is 13.1. The van der Waals surface area contributed by atoms with Crippen LogP contribution >= 0.6 is 0 Å². The lowest BCUT2D eigenvalue weighted by atomic mass is 9.74. The van der Waals surface area contributed by atoms with Crippen LogP contribution in [0.2, 0.25) is 0 Å². The third-order valence-electron chi connectivity index (χ3n) is 5.33. The zero-order chi connectivity index (χ0) is 18.6. The van der Waals surface area contributed by atoms with Crippen LogP contribution in [0.5, 0.6) is 0 Å². The number of ether oxygens (including phenoxy) is 1. The van der Waals surface area contributed by atoms with Crippen LogP contribution in [0.25, 0.3) is 0 Å². The van der Waals surface area contributed by atoms with Gasteiger partial charge >= 0.3 is 5.97 Å². The van der Waals surface area contributed by atoms with Crippen LogP contribution in [0.1, 0.15) is 48.3 Å². The smallest absolute Gasteiger partial charge is 0.312 e. The molecule has 0 spiro atoms. The van der Waals surface area contributed by atoms with Crippen LogP contribution < -0.4 is 5.32 Å². The number of Topliss-reactive ketones (excluding diaryl/α,β-unsaturated/α-hetero) is 1. The van der Waals surface area contributed by atoms with E-state index in [0.29, 0.717) is 31.6 Å². The number of hydrogen-bond donors (Lipinski definition) is 1. The van der Waals surface area contributed by atoms with E-state index in [4.69, 9.17) is 4.74 Å². The number of carbonyl (C=O) groups excluding carboxylic acids is 2. The number of hydrogen-bond acceptors (Lipinski definition) is 5. The van der Waals surface area contributed by atoms with Crippen molar-refractivity contribution in [3.63, 3.8) is 0 Å². The minimum Gasteiger partial charge on any atom is -0.469 e. The summed E-state index contributed by atoms with van der Waals surface area (Å²) in [5.74, 6) is -0.368. The van der Waals surface area contributed by atoms with Gasteiger partial charge in [0.1, 0.15) is 5.69 Å². The number of benzene rings is 1. The van der Waals surface area contributed by atoms with Crippen molar-refractivity contribution >= 4 is 11.8 Å². The number of carbonyl (C=O) groups is 2. The predicted octanol–water partition coefficient (Wildman–Crippen LogP) is 2.61. The Hall–Kier alpha value is -2.47. The van der Waals surface area contributed by atoms with Crippen molar-refractivity contribution in [1.82, 2.24) is 14.9 Å². The zero-order valence-corrected chi connectivity index (χ0v) is 15.3. The molecule has 2 heterocycles. The monoisotopic (exact) mass is 355 g/mol. The van der Waals surface area contributed by atoms with Crippen LogP contribution in [0.3, 0.4) is 0 Å². The lowest BCUT2D eigenvalue weighted by molar-refractivity contribution is -0.154. The number of esters is 1. The van der Waals surface area contributed by atoms with Gasteiger partial charge in [-0.25, -0.2) is 4.98 Å². The molecule has 1 aromatic heterocycles. The van der Waals surface area contributed by atoms with E-state index in [1.807, 2.05) is 41.8 Å². The number of rotatable bonds is 6. The Morgan fingerprint density at radius 1 is 1.27 bits per heavy atom. The number of methoxy groups -OCH3 is 1. The van der Waals surface area contributed by atoms with E-state index in [2.05, 4.69) is 10.3 Å². The summed E-state index contributed by atoms with van der Waals surface area (Å²) in [4.78, 5) is 29.7. The molecule has 0 aliphatic carbocycles. The third-order valence-corrected chi connectivity index (χ3v) is 5.33. The molecule has 1 N–H and O–H groups in total. The number of piperidine rings is 1. The molecule has 3 rings (SSSR count). The maximum atomic E-state index is 13.1. The van der Waals surface area contributed by atoms with Crippen LogP contribution in [0, 0.1) is 5.41 Å². The number of nitrogens with one attached hydrogen (secondary N) is 1. The largest absolute Gasteiger partial charge is 0.469 e. The molecule has 0 radical (unpaired) electrons. The van der Waals surface area contributed by atoms with Gasteiger partial charge in [-0.2, -0.15) is 0 Å². The molecule has 0 bridgehead atoms. The molecule has 0 unspecified atom stereocenters. The first-order valence-corrected chi connectivity index (χ1v) is 8.96. The minimum atomic E-state index is -0.748.